The quantitative estimate of drug-likeness (QED) is 0.267. The number of aromatic nitrogens is 2. The van der Waals surface area contributed by atoms with Crippen LogP contribution in [-0.4, -0.2) is 14.9 Å². The maximum Gasteiger partial charge on any atom is 0.270 e. The average molecular weight is 436 g/mol. The Morgan fingerprint density at radius 3 is 2.43 bits per heavy atom. The minimum absolute atomic E-state index is 0.0396. The Balaban J connectivity index is 1.88. The Hall–Kier alpha value is -3.52. The Morgan fingerprint density at radius 1 is 0.929 bits per heavy atom. The van der Waals surface area contributed by atoms with Gasteiger partial charge >= 0.3 is 0 Å². The molecule has 0 amide bonds. The Morgan fingerprint density at radius 2 is 1.68 bits per heavy atom. The van der Waals surface area contributed by atoms with Crippen LogP contribution in [0.1, 0.15) is 0 Å². The fraction of sp³-hybridized carbons (Fsp3) is 0. The Bertz CT molecular complexity index is 1180. The highest BCUT2D eigenvalue weighted by atomic mass is 79.9. The van der Waals surface area contributed by atoms with Crippen LogP contribution in [0.4, 0.5) is 23.1 Å². The second-order valence-electron chi connectivity index (χ2n) is 6.06. The van der Waals surface area contributed by atoms with Gasteiger partial charge in [0.15, 0.2) is 5.82 Å². The molecule has 0 bridgehead atoms. The van der Waals surface area contributed by atoms with E-state index in [1.165, 1.54) is 6.07 Å². The normalized spacial score (nSPS) is 10.8. The van der Waals surface area contributed by atoms with Gasteiger partial charge in [0, 0.05) is 17.5 Å². The summed E-state index contributed by atoms with van der Waals surface area (Å²) < 4.78 is 1.75. The summed E-state index contributed by atoms with van der Waals surface area (Å²) in [6, 6.07) is 21.7. The molecule has 2 N–H and O–H groups in total. The molecule has 0 saturated carbocycles. The van der Waals surface area contributed by atoms with Gasteiger partial charge in [0.2, 0.25) is 5.95 Å². The van der Waals surface area contributed by atoms with Gasteiger partial charge in [0.25, 0.3) is 5.69 Å². The van der Waals surface area contributed by atoms with Crippen LogP contribution in [0.15, 0.2) is 72.8 Å². The average Bonchev–Trinajstić information content (AvgIpc) is 2.73. The van der Waals surface area contributed by atoms with Crippen LogP contribution in [-0.2, 0) is 0 Å². The van der Waals surface area contributed by atoms with Crippen molar-refractivity contribution in [2.45, 2.75) is 0 Å². The fourth-order valence-corrected chi connectivity index (χ4v) is 3.45. The second-order valence-corrected chi connectivity index (χ2v) is 6.77. The number of hydrogen-bond donors (Lipinski definition) is 1. The number of benzene rings is 3. The summed E-state index contributed by atoms with van der Waals surface area (Å²) in [5, 5.41) is 11.9. The van der Waals surface area contributed by atoms with Crippen molar-refractivity contribution >= 4 is 50.2 Å². The predicted octanol–water partition coefficient (Wildman–Crippen LogP) is 5.24. The van der Waals surface area contributed by atoms with Crippen molar-refractivity contribution < 1.29 is 4.92 Å². The van der Waals surface area contributed by atoms with Crippen molar-refractivity contribution in [2.75, 3.05) is 9.66 Å². The van der Waals surface area contributed by atoms with E-state index in [9.17, 15) is 10.1 Å². The highest BCUT2D eigenvalue weighted by molar-refractivity contribution is 9.10. The van der Waals surface area contributed by atoms with Gasteiger partial charge in [-0.25, -0.2) is 4.98 Å². The van der Waals surface area contributed by atoms with Gasteiger partial charge in [-0.1, -0.05) is 36.4 Å². The third kappa shape index (κ3) is 3.37. The molecule has 0 aliphatic carbocycles. The van der Waals surface area contributed by atoms with Crippen LogP contribution in [0, 0.1) is 10.1 Å². The summed E-state index contributed by atoms with van der Waals surface area (Å²) in [5.74, 6) is 0.743. The van der Waals surface area contributed by atoms with E-state index >= 15 is 0 Å². The van der Waals surface area contributed by atoms with E-state index < -0.39 is 4.92 Å². The standard InChI is InChI=1S/C20H14BrN5O2/c21-25(15-6-2-1-3-7-15)19-17-12-14(9-10-18(17)23-20(22)24-19)13-5-4-8-16(11-13)26(27)28/h1-12H,(H2,22,23,24). The van der Waals surface area contributed by atoms with E-state index in [4.69, 9.17) is 5.73 Å². The number of fused-ring (bicyclic) bond motifs is 1. The molecular weight excluding hydrogens is 422 g/mol. The third-order valence-corrected chi connectivity index (χ3v) is 5.00. The molecule has 0 fully saturated rings. The minimum atomic E-state index is -0.407. The number of hydrogen-bond acceptors (Lipinski definition) is 6. The van der Waals surface area contributed by atoms with E-state index in [1.54, 1.807) is 16.1 Å². The first-order chi connectivity index (χ1) is 13.5. The van der Waals surface area contributed by atoms with Crippen LogP contribution in [0.5, 0.6) is 0 Å². The maximum absolute atomic E-state index is 11.1. The van der Waals surface area contributed by atoms with Crippen molar-refractivity contribution in [2.24, 2.45) is 0 Å². The minimum Gasteiger partial charge on any atom is -0.368 e. The monoisotopic (exact) mass is 435 g/mol. The van der Waals surface area contributed by atoms with Gasteiger partial charge in [-0.3, -0.25) is 14.0 Å². The van der Waals surface area contributed by atoms with Crippen LogP contribution in [0.2, 0.25) is 0 Å². The van der Waals surface area contributed by atoms with Gasteiger partial charge in [0.1, 0.15) is 0 Å². The number of nitrogen functional groups attached to an aromatic ring is 1. The number of nitrogens with two attached hydrogens (primary N) is 1. The number of halogens is 1. The van der Waals surface area contributed by atoms with Crippen molar-refractivity contribution in [1.82, 2.24) is 9.97 Å². The van der Waals surface area contributed by atoms with Gasteiger partial charge in [0.05, 0.1) is 32.3 Å². The second kappa shape index (κ2) is 7.24. The molecule has 1 heterocycles. The fourth-order valence-electron chi connectivity index (χ4n) is 2.94. The van der Waals surface area contributed by atoms with Crippen LogP contribution >= 0.6 is 16.1 Å². The SMILES string of the molecule is Nc1nc(N(Br)c2ccccc2)c2cc(-c3cccc([N+](=O)[O-])c3)ccc2n1. The molecule has 0 saturated heterocycles. The van der Waals surface area contributed by atoms with Crippen LogP contribution in [0.3, 0.4) is 0 Å². The molecule has 0 radical (unpaired) electrons. The van der Waals surface area contributed by atoms with Gasteiger partial charge < -0.3 is 5.73 Å². The molecular formula is C20H14BrN5O2. The molecule has 4 aromatic rings. The predicted molar refractivity (Wildman–Crippen MR) is 114 cm³/mol. The lowest BCUT2D eigenvalue weighted by Gasteiger charge is -2.18. The van der Waals surface area contributed by atoms with Crippen molar-refractivity contribution in [3.8, 4) is 11.1 Å². The number of nitrogens with zero attached hydrogens (tertiary/aromatic N) is 4. The van der Waals surface area contributed by atoms with E-state index in [0.29, 0.717) is 11.3 Å². The number of nitro benzene ring substituents is 1. The molecule has 0 aliphatic heterocycles. The number of para-hydroxylation sites is 1. The molecule has 0 spiro atoms. The van der Waals surface area contributed by atoms with Crippen molar-refractivity contribution in [3.63, 3.8) is 0 Å². The lowest BCUT2D eigenvalue weighted by atomic mass is 10.0. The first-order valence-electron chi connectivity index (χ1n) is 8.36. The zero-order valence-electron chi connectivity index (χ0n) is 14.5. The summed E-state index contributed by atoms with van der Waals surface area (Å²) in [6.45, 7) is 0. The summed E-state index contributed by atoms with van der Waals surface area (Å²) in [6.07, 6.45) is 0. The molecule has 4 rings (SSSR count). The topological polar surface area (TPSA) is 98.2 Å². The highest BCUT2D eigenvalue weighted by Crippen LogP contribution is 2.35. The van der Waals surface area contributed by atoms with Gasteiger partial charge in [-0.15, -0.1) is 0 Å². The molecule has 8 heteroatoms. The van der Waals surface area contributed by atoms with E-state index in [1.807, 2.05) is 54.6 Å². The molecule has 0 atom stereocenters. The van der Waals surface area contributed by atoms with E-state index in [-0.39, 0.29) is 11.6 Å². The molecule has 138 valence electrons. The lowest BCUT2D eigenvalue weighted by Crippen LogP contribution is -2.07. The lowest BCUT2D eigenvalue weighted by molar-refractivity contribution is -0.384. The number of nitro groups is 1. The number of anilines is 3. The molecule has 7 nitrogen and oxygen atoms in total. The molecule has 3 aromatic carbocycles. The van der Waals surface area contributed by atoms with E-state index in [2.05, 4.69) is 26.1 Å². The Labute approximate surface area is 168 Å². The molecule has 1 aromatic heterocycles. The summed E-state index contributed by atoms with van der Waals surface area (Å²) in [5.41, 5.74) is 9.05. The Kier molecular flexibility index (Phi) is 4.62. The molecule has 28 heavy (non-hydrogen) atoms. The first kappa shape index (κ1) is 17.9. The van der Waals surface area contributed by atoms with Gasteiger partial charge in [-0.05, 0) is 35.4 Å². The van der Waals surface area contributed by atoms with Gasteiger partial charge in [-0.2, -0.15) is 4.98 Å². The van der Waals surface area contributed by atoms with Crippen LogP contribution < -0.4 is 9.66 Å². The summed E-state index contributed by atoms with van der Waals surface area (Å²) in [4.78, 5) is 19.4. The van der Waals surface area contributed by atoms with Crippen LogP contribution in [0.25, 0.3) is 22.0 Å². The third-order valence-electron chi connectivity index (χ3n) is 4.25. The zero-order valence-corrected chi connectivity index (χ0v) is 16.1. The number of non-ortho nitro benzene ring substituents is 1. The summed E-state index contributed by atoms with van der Waals surface area (Å²) in [7, 11) is 0. The van der Waals surface area contributed by atoms with Crippen molar-refractivity contribution in [1.29, 1.82) is 0 Å². The smallest absolute Gasteiger partial charge is 0.270 e. The number of rotatable bonds is 4. The molecule has 0 unspecified atom stereocenters. The zero-order chi connectivity index (χ0) is 19.7. The maximum atomic E-state index is 11.1. The van der Waals surface area contributed by atoms with E-state index in [0.717, 1.165) is 22.2 Å². The largest absolute Gasteiger partial charge is 0.368 e. The van der Waals surface area contributed by atoms with Crippen molar-refractivity contribution in [3.05, 3.63) is 82.9 Å². The highest BCUT2D eigenvalue weighted by Gasteiger charge is 2.15. The first-order valence-corrected chi connectivity index (χ1v) is 9.07. The summed E-state index contributed by atoms with van der Waals surface area (Å²) >= 11 is 3.56. The molecule has 0 aliphatic rings.